The molecule has 1 atom stereocenters. The molecule has 0 saturated heterocycles. The molecule has 0 radical (unpaired) electrons. The molecule has 1 aromatic carbocycles. The van der Waals surface area contributed by atoms with Gasteiger partial charge in [-0.1, -0.05) is 18.2 Å². The molecule has 1 aliphatic carbocycles. The molecule has 3 aliphatic rings. The second-order valence-electron chi connectivity index (χ2n) is 7.06. The molecule has 8 nitrogen and oxygen atoms in total. The highest BCUT2D eigenvalue weighted by atomic mass is 16.7. The first-order chi connectivity index (χ1) is 13.6. The summed E-state index contributed by atoms with van der Waals surface area (Å²) in [5, 5.41) is 0. The van der Waals surface area contributed by atoms with Gasteiger partial charge in [0.2, 0.25) is 5.91 Å². The van der Waals surface area contributed by atoms with Gasteiger partial charge in [0.25, 0.3) is 0 Å². The number of para-hydroxylation sites is 1. The van der Waals surface area contributed by atoms with Crippen molar-refractivity contribution < 1.29 is 24.0 Å². The molecule has 8 heteroatoms. The van der Waals surface area contributed by atoms with Gasteiger partial charge in [-0.3, -0.25) is 4.79 Å². The lowest BCUT2D eigenvalue weighted by Crippen LogP contribution is -2.37. The first-order valence-corrected chi connectivity index (χ1v) is 9.22. The molecular formula is C20H17N3O5. The normalized spacial score (nSPS) is 21.6. The quantitative estimate of drug-likeness (QED) is 0.687. The van der Waals surface area contributed by atoms with Gasteiger partial charge in [-0.05, 0) is 30.9 Å². The summed E-state index contributed by atoms with van der Waals surface area (Å²) >= 11 is 0. The first kappa shape index (κ1) is 16.7. The van der Waals surface area contributed by atoms with E-state index in [1.54, 1.807) is 0 Å². The van der Waals surface area contributed by atoms with Crippen LogP contribution in [-0.2, 0) is 33.6 Å². The van der Waals surface area contributed by atoms with Crippen LogP contribution in [0.2, 0.25) is 0 Å². The predicted octanol–water partition coefficient (Wildman–Crippen LogP) is 1.01. The van der Waals surface area contributed by atoms with Crippen molar-refractivity contribution in [3.63, 3.8) is 0 Å². The summed E-state index contributed by atoms with van der Waals surface area (Å²) in [7, 11) is 0. The van der Waals surface area contributed by atoms with E-state index >= 15 is 0 Å². The van der Waals surface area contributed by atoms with Crippen molar-refractivity contribution in [1.29, 1.82) is 0 Å². The topological polar surface area (TPSA) is 90.7 Å². The third kappa shape index (κ3) is 2.69. The van der Waals surface area contributed by atoms with Gasteiger partial charge < -0.3 is 14.5 Å². The van der Waals surface area contributed by atoms with E-state index in [0.29, 0.717) is 37.2 Å². The molecule has 5 rings (SSSR count). The lowest BCUT2D eigenvalue weighted by atomic mass is 9.88. The summed E-state index contributed by atoms with van der Waals surface area (Å²) in [6.45, 7) is 0.683. The summed E-state index contributed by atoms with van der Waals surface area (Å²) in [5.41, 5.74) is 3.44. The number of carbonyl (C=O) groups is 3. The maximum absolute atomic E-state index is 13.1. The SMILES string of the molecule is O=C1/C=C/C(=O)On2c(nc3c2CCC(C(=O)N2CCc4ccccc42)C3)O1. The van der Waals surface area contributed by atoms with Crippen molar-refractivity contribution in [3.8, 4) is 6.01 Å². The number of amides is 1. The zero-order chi connectivity index (χ0) is 19.3. The van der Waals surface area contributed by atoms with Crippen LogP contribution in [-0.4, -0.2) is 34.1 Å². The van der Waals surface area contributed by atoms with E-state index in [2.05, 4.69) is 4.98 Å². The summed E-state index contributed by atoms with van der Waals surface area (Å²) < 4.78 is 6.31. The van der Waals surface area contributed by atoms with Gasteiger partial charge in [0.1, 0.15) is 0 Å². The number of fused-ring (bicyclic) bond motifs is 4. The molecule has 0 bridgehead atoms. The second-order valence-corrected chi connectivity index (χ2v) is 7.06. The van der Waals surface area contributed by atoms with Gasteiger partial charge >= 0.3 is 17.9 Å². The predicted molar refractivity (Wildman–Crippen MR) is 96.6 cm³/mol. The number of ether oxygens (including phenoxy) is 1. The summed E-state index contributed by atoms with van der Waals surface area (Å²) in [4.78, 5) is 48.0. The fourth-order valence-electron chi connectivity index (χ4n) is 4.05. The first-order valence-electron chi connectivity index (χ1n) is 9.22. The maximum atomic E-state index is 13.1. The Hall–Kier alpha value is -3.42. The number of nitrogens with zero attached hydrogens (tertiary/aromatic N) is 3. The minimum absolute atomic E-state index is 0.0756. The molecule has 2 aliphatic heterocycles. The van der Waals surface area contributed by atoms with Crippen molar-refractivity contribution >= 4 is 23.5 Å². The van der Waals surface area contributed by atoms with Crippen molar-refractivity contribution in [2.24, 2.45) is 5.92 Å². The van der Waals surface area contributed by atoms with Crippen molar-refractivity contribution in [1.82, 2.24) is 9.71 Å². The minimum atomic E-state index is -0.693. The van der Waals surface area contributed by atoms with E-state index in [4.69, 9.17) is 9.57 Å². The molecular weight excluding hydrogens is 362 g/mol. The van der Waals surface area contributed by atoms with Gasteiger partial charge in [-0.15, -0.1) is 4.73 Å². The Balaban J connectivity index is 1.41. The van der Waals surface area contributed by atoms with Gasteiger partial charge in [-0.2, -0.15) is 4.98 Å². The van der Waals surface area contributed by atoms with Crippen molar-refractivity contribution in [2.45, 2.75) is 25.7 Å². The van der Waals surface area contributed by atoms with E-state index in [1.165, 1.54) is 10.3 Å². The van der Waals surface area contributed by atoms with Gasteiger partial charge in [-0.25, -0.2) is 9.59 Å². The van der Waals surface area contributed by atoms with Crippen molar-refractivity contribution in [2.75, 3.05) is 11.4 Å². The fourth-order valence-corrected chi connectivity index (χ4v) is 4.05. The number of benzene rings is 1. The van der Waals surface area contributed by atoms with Crippen LogP contribution in [0.1, 0.15) is 23.4 Å². The van der Waals surface area contributed by atoms with E-state index in [-0.39, 0.29) is 17.8 Å². The lowest BCUT2D eigenvalue weighted by molar-refractivity contribution is -0.143. The third-order valence-electron chi connectivity index (χ3n) is 5.38. The number of imidazole rings is 1. The van der Waals surface area contributed by atoms with Gasteiger partial charge in [0, 0.05) is 36.7 Å². The largest absolute Gasteiger partial charge is 0.387 e. The molecule has 0 saturated carbocycles. The molecule has 1 unspecified atom stereocenters. The highest BCUT2D eigenvalue weighted by Gasteiger charge is 2.36. The second kappa shape index (κ2) is 6.33. The molecule has 2 aromatic rings. The van der Waals surface area contributed by atoms with E-state index in [0.717, 1.165) is 24.3 Å². The average molecular weight is 379 g/mol. The highest BCUT2D eigenvalue weighted by molar-refractivity contribution is 5.97. The molecule has 142 valence electrons. The fraction of sp³-hybridized carbons (Fsp3) is 0.300. The Labute approximate surface area is 160 Å². The van der Waals surface area contributed by atoms with Crippen LogP contribution < -0.4 is 14.5 Å². The van der Waals surface area contributed by atoms with Gasteiger partial charge in [0.15, 0.2) is 0 Å². The monoisotopic (exact) mass is 379 g/mol. The molecule has 3 heterocycles. The lowest BCUT2D eigenvalue weighted by Gasteiger charge is -2.26. The van der Waals surface area contributed by atoms with E-state index < -0.39 is 11.9 Å². The minimum Gasteiger partial charge on any atom is -0.387 e. The van der Waals surface area contributed by atoms with Crippen LogP contribution in [0.15, 0.2) is 36.4 Å². The summed E-state index contributed by atoms with van der Waals surface area (Å²) in [6, 6.07) is 7.87. The number of carbonyl (C=O) groups excluding carboxylic acids is 3. The molecule has 0 spiro atoms. The Morgan fingerprint density at radius 1 is 1.11 bits per heavy atom. The van der Waals surface area contributed by atoms with Crippen LogP contribution >= 0.6 is 0 Å². The number of aromatic nitrogens is 2. The number of hydrogen-bond donors (Lipinski definition) is 0. The number of hydrogen-bond acceptors (Lipinski definition) is 6. The van der Waals surface area contributed by atoms with Crippen LogP contribution in [0.4, 0.5) is 5.69 Å². The van der Waals surface area contributed by atoms with Crippen molar-refractivity contribution in [3.05, 3.63) is 53.4 Å². The zero-order valence-electron chi connectivity index (χ0n) is 15.0. The van der Waals surface area contributed by atoms with E-state index in [9.17, 15) is 14.4 Å². The van der Waals surface area contributed by atoms with Crippen LogP contribution in [0.25, 0.3) is 0 Å². The number of rotatable bonds is 1. The summed E-state index contributed by atoms with van der Waals surface area (Å²) in [6.07, 6.45) is 4.39. The maximum Gasteiger partial charge on any atom is 0.356 e. The van der Waals surface area contributed by atoms with Crippen LogP contribution in [0, 0.1) is 5.92 Å². The smallest absolute Gasteiger partial charge is 0.356 e. The van der Waals surface area contributed by atoms with E-state index in [1.807, 2.05) is 29.2 Å². The zero-order valence-corrected chi connectivity index (χ0v) is 15.0. The highest BCUT2D eigenvalue weighted by Crippen LogP contribution is 2.34. The van der Waals surface area contributed by atoms with Crippen LogP contribution in [0.5, 0.6) is 6.01 Å². The molecule has 0 N–H and O–H groups in total. The molecule has 1 aromatic heterocycles. The summed E-state index contributed by atoms with van der Waals surface area (Å²) in [5.74, 6) is -1.51. The molecule has 0 fully saturated rings. The molecule has 1 amide bonds. The Kier molecular flexibility index (Phi) is 3.78. The average Bonchev–Trinajstić information content (AvgIpc) is 3.26. The Morgan fingerprint density at radius 3 is 2.82 bits per heavy atom. The standard InChI is InChI=1S/C20H17N3O5/c24-17-7-8-18(25)28-23-16-6-5-13(11-14(16)21-20(23)27-17)19(26)22-10-9-12-3-1-2-4-15(12)22/h1-4,7-8,13H,5-6,9-11H2/b8-7+. The molecule has 28 heavy (non-hydrogen) atoms. The number of anilines is 1. The Morgan fingerprint density at radius 2 is 1.93 bits per heavy atom. The number of esters is 1. The van der Waals surface area contributed by atoms with Crippen LogP contribution in [0.3, 0.4) is 0 Å². The third-order valence-corrected chi connectivity index (χ3v) is 5.38. The Bertz CT molecular complexity index is 1040. The van der Waals surface area contributed by atoms with Gasteiger partial charge in [0.05, 0.1) is 11.4 Å².